The summed E-state index contributed by atoms with van der Waals surface area (Å²) in [4.78, 5) is 11.9. The first-order chi connectivity index (χ1) is 9.18. The molecule has 3 heteroatoms. The smallest absolute Gasteiger partial charge is 0.250 e. The maximum absolute atomic E-state index is 11.9. The van der Waals surface area contributed by atoms with Crippen molar-refractivity contribution >= 4 is 0 Å². The Labute approximate surface area is 116 Å². The van der Waals surface area contributed by atoms with Crippen LogP contribution in [0.15, 0.2) is 16.9 Å². The Kier molecular flexibility index (Phi) is 5.20. The molecule has 0 bridgehead atoms. The van der Waals surface area contributed by atoms with Crippen molar-refractivity contribution in [2.75, 3.05) is 13.1 Å². The van der Waals surface area contributed by atoms with Crippen LogP contribution in [0.1, 0.15) is 44.4 Å². The number of rotatable bonds is 7. The van der Waals surface area contributed by atoms with Crippen molar-refractivity contribution in [3.05, 3.63) is 33.7 Å². The number of hydrogen-bond acceptors (Lipinski definition) is 2. The van der Waals surface area contributed by atoms with E-state index in [1.54, 1.807) is 6.07 Å². The van der Waals surface area contributed by atoms with Gasteiger partial charge < -0.3 is 9.88 Å². The van der Waals surface area contributed by atoms with E-state index in [9.17, 15) is 4.79 Å². The summed E-state index contributed by atoms with van der Waals surface area (Å²) in [7, 11) is 0. The highest BCUT2D eigenvalue weighted by molar-refractivity contribution is 5.25. The van der Waals surface area contributed by atoms with E-state index in [1.165, 1.54) is 30.5 Å². The van der Waals surface area contributed by atoms with Gasteiger partial charge in [0, 0.05) is 24.8 Å². The normalized spacial score (nSPS) is 14.1. The quantitative estimate of drug-likeness (QED) is 0.765. The van der Waals surface area contributed by atoms with Gasteiger partial charge in [-0.1, -0.05) is 19.9 Å². The number of nitrogens with zero attached hydrogens (tertiary/aromatic N) is 1. The fourth-order valence-corrected chi connectivity index (χ4v) is 2.83. The molecule has 1 heterocycles. The number of fused-ring (bicyclic) bond motifs is 1. The molecule has 1 aliphatic carbocycles. The number of nitrogens with one attached hydrogen (secondary N) is 1. The minimum Gasteiger partial charge on any atom is -0.315 e. The molecule has 3 nitrogen and oxygen atoms in total. The molecule has 1 aromatic heterocycles. The molecule has 0 radical (unpaired) electrons. The molecule has 0 saturated heterocycles. The van der Waals surface area contributed by atoms with Crippen molar-refractivity contribution < 1.29 is 0 Å². The molecule has 0 aromatic carbocycles. The van der Waals surface area contributed by atoms with Gasteiger partial charge in [0.25, 0.3) is 5.56 Å². The van der Waals surface area contributed by atoms with Crippen molar-refractivity contribution in [1.29, 1.82) is 0 Å². The van der Waals surface area contributed by atoms with E-state index in [-0.39, 0.29) is 5.56 Å². The SMILES string of the molecule is CC(C)CCCNCCn1c2c(ccc1=O)CCC2. The molecule has 1 aromatic rings. The number of aryl methyl sites for hydroxylation is 1. The summed E-state index contributed by atoms with van der Waals surface area (Å²) in [5.74, 6) is 0.779. The van der Waals surface area contributed by atoms with Crippen LogP contribution in [-0.4, -0.2) is 17.7 Å². The van der Waals surface area contributed by atoms with Crippen LogP contribution in [0.2, 0.25) is 0 Å². The Morgan fingerprint density at radius 1 is 1.26 bits per heavy atom. The van der Waals surface area contributed by atoms with E-state index in [1.807, 2.05) is 10.6 Å². The lowest BCUT2D eigenvalue weighted by Crippen LogP contribution is -2.29. The summed E-state index contributed by atoms with van der Waals surface area (Å²) >= 11 is 0. The van der Waals surface area contributed by atoms with E-state index in [4.69, 9.17) is 0 Å². The lowest BCUT2D eigenvalue weighted by atomic mass is 10.1. The van der Waals surface area contributed by atoms with Crippen LogP contribution >= 0.6 is 0 Å². The number of hydrogen-bond donors (Lipinski definition) is 1. The molecule has 0 amide bonds. The first-order valence-electron chi connectivity index (χ1n) is 7.61. The van der Waals surface area contributed by atoms with Crippen molar-refractivity contribution in [3.63, 3.8) is 0 Å². The second-order valence-corrected chi connectivity index (χ2v) is 5.93. The van der Waals surface area contributed by atoms with Gasteiger partial charge in [0.05, 0.1) is 0 Å². The van der Waals surface area contributed by atoms with Gasteiger partial charge in [-0.2, -0.15) is 0 Å². The van der Waals surface area contributed by atoms with Crippen LogP contribution in [0.3, 0.4) is 0 Å². The van der Waals surface area contributed by atoms with Crippen LogP contribution in [0, 0.1) is 5.92 Å². The molecule has 1 N–H and O–H groups in total. The van der Waals surface area contributed by atoms with Crippen molar-refractivity contribution in [3.8, 4) is 0 Å². The molecular weight excluding hydrogens is 236 g/mol. The predicted octanol–water partition coefficient (Wildman–Crippen LogP) is 2.36. The molecule has 0 saturated carbocycles. The number of aromatic nitrogens is 1. The lowest BCUT2D eigenvalue weighted by molar-refractivity contribution is 0.509. The van der Waals surface area contributed by atoms with Crippen molar-refractivity contribution in [2.24, 2.45) is 5.92 Å². The second-order valence-electron chi connectivity index (χ2n) is 5.93. The van der Waals surface area contributed by atoms with E-state index in [0.29, 0.717) is 0 Å². The Morgan fingerprint density at radius 3 is 2.89 bits per heavy atom. The largest absolute Gasteiger partial charge is 0.315 e. The lowest BCUT2D eigenvalue weighted by Gasteiger charge is -2.12. The van der Waals surface area contributed by atoms with Gasteiger partial charge in [-0.15, -0.1) is 0 Å². The van der Waals surface area contributed by atoms with Crippen LogP contribution in [0.4, 0.5) is 0 Å². The van der Waals surface area contributed by atoms with Gasteiger partial charge in [0.2, 0.25) is 0 Å². The highest BCUT2D eigenvalue weighted by atomic mass is 16.1. The fourth-order valence-electron chi connectivity index (χ4n) is 2.83. The van der Waals surface area contributed by atoms with Gasteiger partial charge in [0.15, 0.2) is 0 Å². The summed E-state index contributed by atoms with van der Waals surface area (Å²) in [5, 5.41) is 3.45. The maximum Gasteiger partial charge on any atom is 0.250 e. The Bertz CT molecular complexity index is 462. The van der Waals surface area contributed by atoms with Crippen molar-refractivity contribution in [2.45, 2.75) is 52.5 Å². The van der Waals surface area contributed by atoms with Crippen LogP contribution < -0.4 is 10.9 Å². The first kappa shape index (κ1) is 14.3. The highest BCUT2D eigenvalue weighted by Gasteiger charge is 2.15. The molecule has 19 heavy (non-hydrogen) atoms. The summed E-state index contributed by atoms with van der Waals surface area (Å²) < 4.78 is 1.97. The van der Waals surface area contributed by atoms with Crippen LogP contribution in [0.25, 0.3) is 0 Å². The van der Waals surface area contributed by atoms with E-state index >= 15 is 0 Å². The molecule has 2 rings (SSSR count). The monoisotopic (exact) mass is 262 g/mol. The fraction of sp³-hybridized carbons (Fsp3) is 0.688. The van der Waals surface area contributed by atoms with E-state index in [2.05, 4.69) is 19.2 Å². The zero-order chi connectivity index (χ0) is 13.7. The third kappa shape index (κ3) is 3.93. The second kappa shape index (κ2) is 6.90. The van der Waals surface area contributed by atoms with E-state index < -0.39 is 0 Å². The first-order valence-corrected chi connectivity index (χ1v) is 7.61. The van der Waals surface area contributed by atoms with E-state index in [0.717, 1.165) is 38.4 Å². The Balaban J connectivity index is 1.80. The molecule has 0 aliphatic heterocycles. The Hall–Kier alpha value is -1.09. The average Bonchev–Trinajstić information content (AvgIpc) is 2.83. The molecule has 1 aliphatic rings. The van der Waals surface area contributed by atoms with Crippen LogP contribution in [0.5, 0.6) is 0 Å². The third-order valence-corrected chi connectivity index (χ3v) is 3.90. The van der Waals surface area contributed by atoms with Gasteiger partial charge in [-0.25, -0.2) is 0 Å². The highest BCUT2D eigenvalue weighted by Crippen LogP contribution is 2.19. The molecule has 0 atom stereocenters. The van der Waals surface area contributed by atoms with Crippen molar-refractivity contribution in [1.82, 2.24) is 9.88 Å². The summed E-state index contributed by atoms with van der Waals surface area (Å²) in [6, 6.07) is 3.74. The number of pyridine rings is 1. The maximum atomic E-state index is 11.9. The molecule has 0 unspecified atom stereocenters. The van der Waals surface area contributed by atoms with Gasteiger partial charge >= 0.3 is 0 Å². The van der Waals surface area contributed by atoms with Gasteiger partial charge in [0.1, 0.15) is 0 Å². The standard InChI is InChI=1S/C16H26N2O/c1-13(2)5-4-10-17-11-12-18-15-7-3-6-14(15)8-9-16(18)19/h8-9,13,17H,3-7,10-12H2,1-2H3. The topological polar surface area (TPSA) is 34.0 Å². The van der Waals surface area contributed by atoms with Crippen LogP contribution in [-0.2, 0) is 19.4 Å². The predicted molar refractivity (Wildman–Crippen MR) is 79.7 cm³/mol. The summed E-state index contributed by atoms with van der Waals surface area (Å²) in [6.45, 7) is 7.28. The van der Waals surface area contributed by atoms with Gasteiger partial charge in [-0.05, 0) is 50.1 Å². The Morgan fingerprint density at radius 2 is 2.11 bits per heavy atom. The summed E-state index contributed by atoms with van der Waals surface area (Å²) in [6.07, 6.45) is 5.89. The zero-order valence-electron chi connectivity index (χ0n) is 12.2. The average molecular weight is 262 g/mol. The minimum atomic E-state index is 0.157. The van der Waals surface area contributed by atoms with Gasteiger partial charge in [-0.3, -0.25) is 4.79 Å². The zero-order valence-corrected chi connectivity index (χ0v) is 12.2. The third-order valence-electron chi connectivity index (χ3n) is 3.90. The molecular formula is C16H26N2O. The molecule has 106 valence electrons. The molecule has 0 fully saturated rings. The summed E-state index contributed by atoms with van der Waals surface area (Å²) in [5.41, 5.74) is 2.81. The molecule has 0 spiro atoms. The minimum absolute atomic E-state index is 0.157.